The minimum atomic E-state index is -1.03. The van der Waals surface area contributed by atoms with Crippen LogP contribution in [0.25, 0.3) is 0 Å². The van der Waals surface area contributed by atoms with Gasteiger partial charge in [-0.2, -0.15) is 4.39 Å². The lowest BCUT2D eigenvalue weighted by Crippen LogP contribution is -1.98. The van der Waals surface area contributed by atoms with E-state index in [1.54, 1.807) is 6.07 Å². The molecule has 0 aliphatic heterocycles. The summed E-state index contributed by atoms with van der Waals surface area (Å²) in [6.07, 6.45) is 0. The summed E-state index contributed by atoms with van der Waals surface area (Å²) in [6.45, 7) is 1.53. The standard InChI is InChI=1S/C13H9F2NO3/c1-8-4-2-6-10(12(8)15)19-11-7-3-5-9(14)13(11)16(17)18/h2-7H,1H3. The molecule has 4 nitrogen and oxygen atoms in total. The lowest BCUT2D eigenvalue weighted by atomic mass is 10.2. The van der Waals surface area contributed by atoms with Crippen LogP contribution in [0, 0.1) is 28.7 Å². The van der Waals surface area contributed by atoms with Crippen LogP contribution in [0.5, 0.6) is 11.5 Å². The third kappa shape index (κ3) is 2.52. The van der Waals surface area contributed by atoms with Crippen molar-refractivity contribution in [3.63, 3.8) is 0 Å². The van der Waals surface area contributed by atoms with Crippen LogP contribution in [-0.2, 0) is 0 Å². The maximum atomic E-state index is 13.7. The van der Waals surface area contributed by atoms with E-state index in [4.69, 9.17) is 4.74 Å². The van der Waals surface area contributed by atoms with Crippen LogP contribution in [-0.4, -0.2) is 4.92 Å². The number of hydrogen-bond donors (Lipinski definition) is 0. The van der Waals surface area contributed by atoms with Gasteiger partial charge in [-0.25, -0.2) is 4.39 Å². The monoisotopic (exact) mass is 265 g/mol. The van der Waals surface area contributed by atoms with Gasteiger partial charge in [0.15, 0.2) is 11.6 Å². The highest BCUT2D eigenvalue weighted by atomic mass is 19.1. The first-order valence-electron chi connectivity index (χ1n) is 5.36. The number of aryl methyl sites for hydroxylation is 1. The van der Waals surface area contributed by atoms with Gasteiger partial charge in [0.25, 0.3) is 0 Å². The molecule has 0 aliphatic carbocycles. The van der Waals surface area contributed by atoms with Crippen molar-refractivity contribution in [1.29, 1.82) is 0 Å². The van der Waals surface area contributed by atoms with E-state index >= 15 is 0 Å². The molecule has 0 aromatic heterocycles. The van der Waals surface area contributed by atoms with Crippen LogP contribution >= 0.6 is 0 Å². The summed E-state index contributed by atoms with van der Waals surface area (Å²) < 4.78 is 32.2. The largest absolute Gasteiger partial charge is 0.447 e. The Kier molecular flexibility index (Phi) is 3.41. The molecule has 6 heteroatoms. The molecule has 98 valence electrons. The minimum absolute atomic E-state index is 0.186. The van der Waals surface area contributed by atoms with Gasteiger partial charge >= 0.3 is 5.69 Å². The van der Waals surface area contributed by atoms with Crippen molar-refractivity contribution in [3.8, 4) is 11.5 Å². The Bertz CT molecular complexity index is 644. The molecule has 19 heavy (non-hydrogen) atoms. The predicted octanol–water partition coefficient (Wildman–Crippen LogP) is 3.97. The molecule has 2 aromatic carbocycles. The van der Waals surface area contributed by atoms with Gasteiger partial charge in [0, 0.05) is 0 Å². The average Bonchev–Trinajstić information content (AvgIpc) is 2.34. The summed E-state index contributed by atoms with van der Waals surface area (Å²) in [5.41, 5.74) is -0.486. The van der Waals surface area contributed by atoms with E-state index < -0.39 is 22.2 Å². The van der Waals surface area contributed by atoms with Crippen LogP contribution in [0.4, 0.5) is 14.5 Å². The SMILES string of the molecule is Cc1cccc(Oc2cccc(F)c2[N+](=O)[O-])c1F. The van der Waals surface area contributed by atoms with Gasteiger partial charge in [-0.15, -0.1) is 0 Å². The molecule has 0 aliphatic rings. The fourth-order valence-corrected chi connectivity index (χ4v) is 1.57. The van der Waals surface area contributed by atoms with Crippen molar-refractivity contribution in [2.24, 2.45) is 0 Å². The maximum absolute atomic E-state index is 13.7. The van der Waals surface area contributed by atoms with E-state index in [1.807, 2.05) is 0 Å². The van der Waals surface area contributed by atoms with Gasteiger partial charge in [-0.3, -0.25) is 10.1 Å². The Labute approximate surface area is 107 Å². The zero-order valence-corrected chi connectivity index (χ0v) is 9.89. The number of para-hydroxylation sites is 1. The van der Waals surface area contributed by atoms with Gasteiger partial charge in [-0.05, 0) is 30.7 Å². The van der Waals surface area contributed by atoms with Gasteiger partial charge in [0.2, 0.25) is 11.6 Å². The number of nitro benzene ring substituents is 1. The first kappa shape index (κ1) is 12.9. The molecule has 0 bridgehead atoms. The van der Waals surface area contributed by atoms with Crippen LogP contribution in [0.1, 0.15) is 5.56 Å². The number of benzene rings is 2. The summed E-state index contributed by atoms with van der Waals surface area (Å²) >= 11 is 0. The average molecular weight is 265 g/mol. The zero-order valence-electron chi connectivity index (χ0n) is 9.89. The summed E-state index contributed by atoms with van der Waals surface area (Å²) in [4.78, 5) is 9.87. The molecule has 0 unspecified atom stereocenters. The summed E-state index contributed by atoms with van der Waals surface area (Å²) in [6, 6.07) is 7.80. The Morgan fingerprint density at radius 1 is 1.11 bits per heavy atom. The summed E-state index contributed by atoms with van der Waals surface area (Å²) in [7, 11) is 0. The molecular formula is C13H9F2NO3. The highest BCUT2D eigenvalue weighted by Gasteiger charge is 2.22. The molecule has 2 rings (SSSR count). The molecule has 0 spiro atoms. The minimum Gasteiger partial charge on any atom is -0.447 e. The molecule has 0 radical (unpaired) electrons. The molecule has 0 saturated carbocycles. The number of nitro groups is 1. The summed E-state index contributed by atoms with van der Waals surface area (Å²) in [5, 5.41) is 10.8. The van der Waals surface area contributed by atoms with Crippen molar-refractivity contribution in [3.05, 3.63) is 63.7 Å². The Morgan fingerprint density at radius 3 is 2.42 bits per heavy atom. The van der Waals surface area contributed by atoms with Gasteiger partial charge in [-0.1, -0.05) is 18.2 Å². The highest BCUT2D eigenvalue weighted by molar-refractivity contribution is 5.49. The third-order valence-corrected chi connectivity index (χ3v) is 2.51. The third-order valence-electron chi connectivity index (χ3n) is 2.51. The van der Waals surface area contributed by atoms with E-state index in [9.17, 15) is 18.9 Å². The molecule has 0 atom stereocenters. The second kappa shape index (κ2) is 5.01. The molecule has 0 fully saturated rings. The van der Waals surface area contributed by atoms with Crippen LogP contribution < -0.4 is 4.74 Å². The Balaban J connectivity index is 2.47. The van der Waals surface area contributed by atoms with Crippen molar-refractivity contribution in [2.45, 2.75) is 6.92 Å². The maximum Gasteiger partial charge on any atom is 0.346 e. The number of rotatable bonds is 3. The molecular weight excluding hydrogens is 256 g/mol. The van der Waals surface area contributed by atoms with E-state index in [0.29, 0.717) is 5.56 Å². The Hall–Kier alpha value is -2.50. The van der Waals surface area contributed by atoms with Crippen molar-refractivity contribution < 1.29 is 18.4 Å². The Morgan fingerprint density at radius 2 is 1.74 bits per heavy atom. The topological polar surface area (TPSA) is 52.4 Å². The predicted molar refractivity (Wildman–Crippen MR) is 64.3 cm³/mol. The fourth-order valence-electron chi connectivity index (χ4n) is 1.57. The molecule has 0 heterocycles. The zero-order chi connectivity index (χ0) is 14.0. The second-order valence-electron chi connectivity index (χ2n) is 3.83. The van der Waals surface area contributed by atoms with Gasteiger partial charge in [0.05, 0.1) is 4.92 Å². The summed E-state index contributed by atoms with van der Waals surface area (Å²) in [5.74, 6) is -2.19. The van der Waals surface area contributed by atoms with Gasteiger partial charge in [0.1, 0.15) is 0 Å². The van der Waals surface area contributed by atoms with Crippen LogP contribution in [0.2, 0.25) is 0 Å². The normalized spacial score (nSPS) is 10.3. The van der Waals surface area contributed by atoms with Crippen molar-refractivity contribution in [1.82, 2.24) is 0 Å². The first-order chi connectivity index (χ1) is 9.00. The lowest BCUT2D eigenvalue weighted by Gasteiger charge is -2.08. The van der Waals surface area contributed by atoms with E-state index in [2.05, 4.69) is 0 Å². The number of ether oxygens (including phenoxy) is 1. The lowest BCUT2D eigenvalue weighted by molar-refractivity contribution is -0.388. The van der Waals surface area contributed by atoms with Crippen molar-refractivity contribution >= 4 is 5.69 Å². The van der Waals surface area contributed by atoms with E-state index in [1.165, 1.54) is 31.2 Å². The second-order valence-corrected chi connectivity index (χ2v) is 3.83. The smallest absolute Gasteiger partial charge is 0.346 e. The number of halogens is 2. The quantitative estimate of drug-likeness (QED) is 0.623. The van der Waals surface area contributed by atoms with Crippen molar-refractivity contribution in [2.75, 3.05) is 0 Å². The molecule has 0 saturated heterocycles. The number of hydrogen-bond acceptors (Lipinski definition) is 3. The van der Waals surface area contributed by atoms with E-state index in [0.717, 1.165) is 6.07 Å². The first-order valence-corrected chi connectivity index (χ1v) is 5.36. The fraction of sp³-hybridized carbons (Fsp3) is 0.0769. The van der Waals surface area contributed by atoms with Gasteiger partial charge < -0.3 is 4.74 Å². The highest BCUT2D eigenvalue weighted by Crippen LogP contribution is 2.34. The number of nitrogens with zero attached hydrogens (tertiary/aromatic N) is 1. The van der Waals surface area contributed by atoms with E-state index in [-0.39, 0.29) is 11.5 Å². The van der Waals surface area contributed by atoms with Crippen LogP contribution in [0.15, 0.2) is 36.4 Å². The van der Waals surface area contributed by atoms with Crippen LogP contribution in [0.3, 0.4) is 0 Å². The molecule has 2 aromatic rings. The molecule has 0 N–H and O–H groups in total. The molecule has 0 amide bonds.